The maximum Gasteiger partial charge on any atom is 0.229 e. The van der Waals surface area contributed by atoms with Gasteiger partial charge in [0.25, 0.3) is 0 Å². The number of aliphatic hydroxyl groups excluding tert-OH is 1. The second kappa shape index (κ2) is 5.97. The highest BCUT2D eigenvalue weighted by Crippen LogP contribution is 2.18. The predicted octanol–water partition coefficient (Wildman–Crippen LogP) is 2.99. The van der Waals surface area contributed by atoms with Gasteiger partial charge in [-0.1, -0.05) is 42.8 Å². The zero-order chi connectivity index (χ0) is 13.8. The summed E-state index contributed by atoms with van der Waals surface area (Å²) in [5.41, 5.74) is 2.09. The molecule has 0 aliphatic rings. The molecule has 4 nitrogen and oxygen atoms in total. The van der Waals surface area contributed by atoms with Gasteiger partial charge in [-0.05, 0) is 25.3 Å². The van der Waals surface area contributed by atoms with Crippen LogP contribution in [0.15, 0.2) is 28.8 Å². The fourth-order valence-electron chi connectivity index (χ4n) is 2.07. The summed E-state index contributed by atoms with van der Waals surface area (Å²) in [6, 6.07) is 7.95. The molecule has 1 unspecified atom stereocenters. The number of nitrogens with zero attached hydrogens (tertiary/aromatic N) is 2. The van der Waals surface area contributed by atoms with Gasteiger partial charge in [0, 0.05) is 5.56 Å². The summed E-state index contributed by atoms with van der Waals surface area (Å²) in [4.78, 5) is 4.33. The van der Waals surface area contributed by atoms with Gasteiger partial charge in [0.15, 0.2) is 0 Å². The topological polar surface area (TPSA) is 59.2 Å². The zero-order valence-electron chi connectivity index (χ0n) is 11.6. The summed E-state index contributed by atoms with van der Waals surface area (Å²) in [7, 11) is 0. The number of hydrogen-bond donors (Lipinski definition) is 1. The summed E-state index contributed by atoms with van der Waals surface area (Å²) >= 11 is 0. The Morgan fingerprint density at radius 3 is 2.79 bits per heavy atom. The van der Waals surface area contributed by atoms with E-state index >= 15 is 0 Å². The highest BCUT2D eigenvalue weighted by atomic mass is 16.5. The van der Waals surface area contributed by atoms with Crippen molar-refractivity contribution in [2.45, 2.75) is 39.7 Å². The van der Waals surface area contributed by atoms with Crippen molar-refractivity contribution in [2.75, 3.05) is 0 Å². The molecule has 0 saturated carbocycles. The summed E-state index contributed by atoms with van der Waals surface area (Å²) in [6.45, 7) is 6.18. The molecule has 0 aliphatic carbocycles. The minimum absolute atomic E-state index is 0.414. The number of benzene rings is 1. The molecular formula is C15H20N2O2. The van der Waals surface area contributed by atoms with Crippen LogP contribution in [0.25, 0.3) is 11.4 Å². The Kier molecular flexibility index (Phi) is 4.32. The molecule has 0 saturated heterocycles. The van der Waals surface area contributed by atoms with Gasteiger partial charge in [-0.15, -0.1) is 0 Å². The summed E-state index contributed by atoms with van der Waals surface area (Å²) in [6.07, 6.45) is 0.727. The van der Waals surface area contributed by atoms with Gasteiger partial charge in [-0.25, -0.2) is 0 Å². The Morgan fingerprint density at radius 2 is 2.11 bits per heavy atom. The van der Waals surface area contributed by atoms with E-state index in [1.54, 1.807) is 0 Å². The van der Waals surface area contributed by atoms with E-state index < -0.39 is 6.10 Å². The van der Waals surface area contributed by atoms with Gasteiger partial charge in [0.05, 0.1) is 12.5 Å². The van der Waals surface area contributed by atoms with Crippen molar-refractivity contribution < 1.29 is 9.63 Å². The third-order valence-corrected chi connectivity index (χ3v) is 2.90. The van der Waals surface area contributed by atoms with E-state index in [0.717, 1.165) is 17.5 Å². The molecule has 1 aromatic heterocycles. The lowest BCUT2D eigenvalue weighted by atomic mass is 10.0. The quantitative estimate of drug-likeness (QED) is 0.897. The Morgan fingerprint density at radius 1 is 1.32 bits per heavy atom. The number of aromatic nitrogens is 2. The average Bonchev–Trinajstić information content (AvgIpc) is 2.76. The highest BCUT2D eigenvalue weighted by molar-refractivity contribution is 5.55. The molecule has 2 aromatic rings. The van der Waals surface area contributed by atoms with Gasteiger partial charge in [-0.2, -0.15) is 4.98 Å². The first-order chi connectivity index (χ1) is 9.04. The smallest absolute Gasteiger partial charge is 0.229 e. The van der Waals surface area contributed by atoms with E-state index in [1.807, 2.05) is 31.2 Å². The maximum absolute atomic E-state index is 9.87. The largest absolute Gasteiger partial charge is 0.393 e. The molecule has 0 amide bonds. The van der Waals surface area contributed by atoms with Gasteiger partial charge in [0.2, 0.25) is 11.7 Å². The van der Waals surface area contributed by atoms with Crippen LogP contribution in [0.5, 0.6) is 0 Å². The first-order valence-corrected chi connectivity index (χ1v) is 6.62. The molecule has 1 aromatic carbocycles. The molecule has 1 heterocycles. The predicted molar refractivity (Wildman–Crippen MR) is 73.6 cm³/mol. The summed E-state index contributed by atoms with van der Waals surface area (Å²) in [5.74, 6) is 1.52. The lowest BCUT2D eigenvalue weighted by Gasteiger charge is -2.09. The highest BCUT2D eigenvalue weighted by Gasteiger charge is 2.14. The van der Waals surface area contributed by atoms with Crippen LogP contribution >= 0.6 is 0 Å². The Balaban J connectivity index is 2.07. The van der Waals surface area contributed by atoms with Crippen LogP contribution in [0.4, 0.5) is 0 Å². The molecule has 0 radical (unpaired) electrons. The number of aryl methyl sites for hydroxylation is 1. The van der Waals surface area contributed by atoms with Gasteiger partial charge < -0.3 is 9.63 Å². The van der Waals surface area contributed by atoms with Crippen molar-refractivity contribution >= 4 is 0 Å². The van der Waals surface area contributed by atoms with Crippen molar-refractivity contribution in [2.24, 2.45) is 5.92 Å². The van der Waals surface area contributed by atoms with Crippen LogP contribution in [0, 0.1) is 12.8 Å². The van der Waals surface area contributed by atoms with Crippen LogP contribution in [-0.4, -0.2) is 21.4 Å². The van der Waals surface area contributed by atoms with Crippen molar-refractivity contribution in [3.05, 3.63) is 35.7 Å². The van der Waals surface area contributed by atoms with Crippen LogP contribution in [0.1, 0.15) is 31.7 Å². The third kappa shape index (κ3) is 3.89. The molecule has 19 heavy (non-hydrogen) atoms. The van der Waals surface area contributed by atoms with Crippen LogP contribution in [-0.2, 0) is 6.42 Å². The Labute approximate surface area is 113 Å². The van der Waals surface area contributed by atoms with Gasteiger partial charge in [0.1, 0.15) is 0 Å². The molecule has 4 heteroatoms. The molecule has 0 fully saturated rings. The SMILES string of the molecule is Cc1cccc(-c2noc(CC(O)CC(C)C)n2)c1. The van der Waals surface area contributed by atoms with E-state index in [9.17, 15) is 5.11 Å². The first kappa shape index (κ1) is 13.7. The second-order valence-electron chi connectivity index (χ2n) is 5.37. The van der Waals surface area contributed by atoms with Gasteiger partial charge in [-0.3, -0.25) is 0 Å². The standard InChI is InChI=1S/C15H20N2O2/c1-10(2)7-13(18)9-14-16-15(17-19-14)12-6-4-5-11(3)8-12/h4-6,8,10,13,18H,7,9H2,1-3H3. The van der Waals surface area contributed by atoms with Crippen LogP contribution in [0.2, 0.25) is 0 Å². The molecule has 1 atom stereocenters. The molecule has 0 spiro atoms. The first-order valence-electron chi connectivity index (χ1n) is 6.62. The van der Waals surface area contributed by atoms with Gasteiger partial charge >= 0.3 is 0 Å². The van der Waals surface area contributed by atoms with E-state index in [0.29, 0.717) is 24.1 Å². The van der Waals surface area contributed by atoms with E-state index in [2.05, 4.69) is 24.0 Å². The zero-order valence-corrected chi connectivity index (χ0v) is 11.6. The molecule has 2 rings (SSSR count). The number of hydrogen-bond acceptors (Lipinski definition) is 4. The fraction of sp³-hybridized carbons (Fsp3) is 0.467. The van der Waals surface area contributed by atoms with Crippen molar-refractivity contribution in [1.29, 1.82) is 0 Å². The summed E-state index contributed by atoms with van der Waals surface area (Å²) in [5, 5.41) is 13.8. The minimum atomic E-state index is -0.425. The second-order valence-corrected chi connectivity index (χ2v) is 5.37. The molecule has 1 N–H and O–H groups in total. The average molecular weight is 260 g/mol. The number of aliphatic hydroxyl groups is 1. The van der Waals surface area contributed by atoms with Crippen LogP contribution < -0.4 is 0 Å². The molecule has 102 valence electrons. The van der Waals surface area contributed by atoms with E-state index in [4.69, 9.17) is 4.52 Å². The maximum atomic E-state index is 9.87. The van der Waals surface area contributed by atoms with Crippen molar-refractivity contribution in [3.8, 4) is 11.4 Å². The lowest BCUT2D eigenvalue weighted by molar-refractivity contribution is 0.138. The molecule has 0 aliphatic heterocycles. The third-order valence-electron chi connectivity index (χ3n) is 2.90. The Bertz CT molecular complexity index is 534. The van der Waals surface area contributed by atoms with Crippen molar-refractivity contribution in [3.63, 3.8) is 0 Å². The normalized spacial score (nSPS) is 12.9. The monoisotopic (exact) mass is 260 g/mol. The Hall–Kier alpha value is -1.68. The van der Waals surface area contributed by atoms with E-state index in [1.165, 1.54) is 0 Å². The molecular weight excluding hydrogens is 240 g/mol. The van der Waals surface area contributed by atoms with E-state index in [-0.39, 0.29) is 0 Å². The molecule has 0 bridgehead atoms. The van der Waals surface area contributed by atoms with Crippen molar-refractivity contribution in [1.82, 2.24) is 10.1 Å². The summed E-state index contributed by atoms with van der Waals surface area (Å²) < 4.78 is 5.19. The number of rotatable bonds is 5. The fourth-order valence-corrected chi connectivity index (χ4v) is 2.07. The minimum Gasteiger partial charge on any atom is -0.393 e. The van der Waals surface area contributed by atoms with Crippen LogP contribution in [0.3, 0.4) is 0 Å². The lowest BCUT2D eigenvalue weighted by Crippen LogP contribution is -2.13.